The summed E-state index contributed by atoms with van der Waals surface area (Å²) in [4.78, 5) is 0. The van der Waals surface area contributed by atoms with Crippen molar-refractivity contribution < 1.29 is 19.5 Å². The molecule has 0 heterocycles. The molecule has 80 valence electrons. The topological polar surface area (TPSA) is 0 Å². The van der Waals surface area contributed by atoms with E-state index in [-0.39, 0.29) is 19.5 Å². The third-order valence-corrected chi connectivity index (χ3v) is 2.21. The minimum Gasteiger partial charge on any atom is -0.214 e. The van der Waals surface area contributed by atoms with Gasteiger partial charge in [-0.15, -0.1) is 0 Å². The third-order valence-electron chi connectivity index (χ3n) is 2.21. The van der Waals surface area contributed by atoms with Gasteiger partial charge in [0.15, 0.2) is 0 Å². The Bertz CT molecular complexity index is 415. The molecule has 0 fully saturated rings. The van der Waals surface area contributed by atoms with Gasteiger partial charge in [-0.25, -0.2) is 12.1 Å². The fraction of sp³-hybridized carbons (Fsp3) is 0. The predicted octanol–water partition coefficient (Wildman–Crippen LogP) is 4.24. The monoisotopic (exact) mass is 295 g/mol. The van der Waals surface area contributed by atoms with E-state index < -0.39 is 0 Å². The fourth-order valence-electron chi connectivity index (χ4n) is 1.45. The number of benzene rings is 2. The summed E-state index contributed by atoms with van der Waals surface area (Å²) in [7, 11) is 0. The molecular weight excluding hydrogens is 281 g/mol. The molecule has 3 aromatic carbocycles. The van der Waals surface area contributed by atoms with Gasteiger partial charge in [-0.2, -0.15) is 18.2 Å². The van der Waals surface area contributed by atoms with Gasteiger partial charge in [0.25, 0.3) is 0 Å². The summed E-state index contributed by atoms with van der Waals surface area (Å²) in [6.45, 7) is 0. The molecule has 3 rings (SSSR count). The van der Waals surface area contributed by atoms with Crippen molar-refractivity contribution in [3.05, 3.63) is 78.9 Å². The van der Waals surface area contributed by atoms with Crippen LogP contribution in [0.4, 0.5) is 0 Å². The van der Waals surface area contributed by atoms with E-state index in [2.05, 4.69) is 48.5 Å². The Kier molecular flexibility index (Phi) is 5.60. The standard InChI is InChI=1S/C10H8.C5H5.Ru/c1-2-6-10-8-4-3-7-9(10)5-1;1-2-4-5-3-1;/h1-8H;1-5H;/q;-1;+2. The average Bonchev–Trinajstić information content (AvgIpc) is 2.88. The third kappa shape index (κ3) is 3.68. The maximum Gasteiger partial charge on any atom is 2.00 e. The van der Waals surface area contributed by atoms with Crippen LogP contribution in [0.3, 0.4) is 0 Å². The molecule has 0 aliphatic rings. The molecule has 0 N–H and O–H groups in total. The van der Waals surface area contributed by atoms with E-state index in [0.29, 0.717) is 0 Å². The molecule has 0 radical (unpaired) electrons. The van der Waals surface area contributed by atoms with E-state index in [1.165, 1.54) is 10.8 Å². The molecule has 0 bridgehead atoms. The van der Waals surface area contributed by atoms with Crippen molar-refractivity contribution in [2.75, 3.05) is 0 Å². The minimum atomic E-state index is 0. The molecule has 0 aliphatic heterocycles. The van der Waals surface area contributed by atoms with E-state index in [9.17, 15) is 0 Å². The molecule has 0 aromatic heterocycles. The van der Waals surface area contributed by atoms with Crippen LogP contribution in [0.5, 0.6) is 0 Å². The quantitative estimate of drug-likeness (QED) is 0.430. The number of rotatable bonds is 0. The van der Waals surface area contributed by atoms with E-state index in [1.54, 1.807) is 0 Å². The second kappa shape index (κ2) is 7.03. The van der Waals surface area contributed by atoms with Crippen LogP contribution in [0.1, 0.15) is 0 Å². The molecule has 0 spiro atoms. The summed E-state index contributed by atoms with van der Waals surface area (Å²) in [6, 6.07) is 26.7. The Labute approximate surface area is 109 Å². The molecule has 0 atom stereocenters. The van der Waals surface area contributed by atoms with Crippen molar-refractivity contribution in [3.8, 4) is 0 Å². The predicted molar refractivity (Wildman–Crippen MR) is 66.0 cm³/mol. The largest absolute Gasteiger partial charge is 2.00 e. The molecule has 16 heavy (non-hydrogen) atoms. The number of hydrogen-bond donors (Lipinski definition) is 0. The summed E-state index contributed by atoms with van der Waals surface area (Å²) in [5, 5.41) is 2.62. The molecule has 1 heteroatoms. The first-order valence-corrected chi connectivity index (χ1v) is 5.07. The van der Waals surface area contributed by atoms with Gasteiger partial charge in [0.2, 0.25) is 0 Å². The normalized spacial score (nSPS) is 8.75. The van der Waals surface area contributed by atoms with E-state index in [0.717, 1.165) is 0 Å². The van der Waals surface area contributed by atoms with Gasteiger partial charge in [-0.1, -0.05) is 48.5 Å². The van der Waals surface area contributed by atoms with Crippen LogP contribution in [-0.4, -0.2) is 0 Å². The van der Waals surface area contributed by atoms with Crippen LogP contribution < -0.4 is 0 Å². The van der Waals surface area contributed by atoms with Gasteiger partial charge < -0.3 is 0 Å². The van der Waals surface area contributed by atoms with Crippen molar-refractivity contribution in [3.63, 3.8) is 0 Å². The molecule has 0 saturated heterocycles. The Balaban J connectivity index is 0.000000183. The van der Waals surface area contributed by atoms with Gasteiger partial charge in [-0.3, -0.25) is 0 Å². The van der Waals surface area contributed by atoms with Crippen LogP contribution in [0.15, 0.2) is 78.9 Å². The maximum atomic E-state index is 2.12. The SMILES string of the molecule is [Ru+2].c1cc[cH-]c1.c1ccc2ccccc2c1. The number of hydrogen-bond acceptors (Lipinski definition) is 0. The summed E-state index contributed by atoms with van der Waals surface area (Å²) in [6.07, 6.45) is 0. The van der Waals surface area contributed by atoms with Crippen LogP contribution >= 0.6 is 0 Å². The first-order chi connectivity index (χ1) is 7.47. The van der Waals surface area contributed by atoms with Crippen LogP contribution in [0.25, 0.3) is 10.8 Å². The molecular formula is C15H13Ru+. The fourth-order valence-corrected chi connectivity index (χ4v) is 1.45. The number of fused-ring (bicyclic) bond motifs is 1. The molecule has 3 aromatic rings. The summed E-state index contributed by atoms with van der Waals surface area (Å²) >= 11 is 0. The van der Waals surface area contributed by atoms with Gasteiger partial charge in [0, 0.05) is 0 Å². The van der Waals surface area contributed by atoms with Crippen LogP contribution in [-0.2, 0) is 19.5 Å². The first-order valence-electron chi connectivity index (χ1n) is 5.07. The Morgan fingerprint density at radius 3 is 1.19 bits per heavy atom. The van der Waals surface area contributed by atoms with Crippen molar-refractivity contribution in [1.29, 1.82) is 0 Å². The summed E-state index contributed by atoms with van der Waals surface area (Å²) in [5.41, 5.74) is 0. The molecule has 0 nitrogen and oxygen atoms in total. The Hall–Kier alpha value is -1.33. The second-order valence-corrected chi connectivity index (χ2v) is 3.31. The molecule has 0 aliphatic carbocycles. The van der Waals surface area contributed by atoms with Gasteiger partial charge >= 0.3 is 19.5 Å². The smallest absolute Gasteiger partial charge is 0.214 e. The summed E-state index contributed by atoms with van der Waals surface area (Å²) in [5.74, 6) is 0. The van der Waals surface area contributed by atoms with E-state index in [1.807, 2.05) is 30.3 Å². The Morgan fingerprint density at radius 2 is 0.938 bits per heavy atom. The van der Waals surface area contributed by atoms with E-state index in [4.69, 9.17) is 0 Å². The van der Waals surface area contributed by atoms with Crippen LogP contribution in [0, 0.1) is 0 Å². The molecule has 0 unspecified atom stereocenters. The zero-order chi connectivity index (χ0) is 10.3. The molecule has 0 amide bonds. The van der Waals surface area contributed by atoms with Crippen molar-refractivity contribution in [1.82, 2.24) is 0 Å². The van der Waals surface area contributed by atoms with Crippen molar-refractivity contribution in [2.45, 2.75) is 0 Å². The minimum absolute atomic E-state index is 0. The van der Waals surface area contributed by atoms with Gasteiger partial charge in [0.05, 0.1) is 0 Å². The van der Waals surface area contributed by atoms with Crippen LogP contribution in [0.2, 0.25) is 0 Å². The van der Waals surface area contributed by atoms with Crippen molar-refractivity contribution in [2.24, 2.45) is 0 Å². The Morgan fingerprint density at radius 1 is 0.562 bits per heavy atom. The zero-order valence-corrected chi connectivity index (χ0v) is 10.6. The second-order valence-electron chi connectivity index (χ2n) is 3.31. The maximum absolute atomic E-state index is 2.12. The van der Waals surface area contributed by atoms with E-state index >= 15 is 0 Å². The zero-order valence-electron chi connectivity index (χ0n) is 8.86. The van der Waals surface area contributed by atoms with Gasteiger partial charge in [-0.05, 0) is 10.8 Å². The van der Waals surface area contributed by atoms with Gasteiger partial charge in [0.1, 0.15) is 0 Å². The van der Waals surface area contributed by atoms with Crippen molar-refractivity contribution >= 4 is 10.8 Å². The molecule has 0 saturated carbocycles. The first kappa shape index (κ1) is 12.7. The average molecular weight is 294 g/mol. The summed E-state index contributed by atoms with van der Waals surface area (Å²) < 4.78 is 0.